The van der Waals surface area contributed by atoms with E-state index in [0.717, 1.165) is 30.2 Å². The largest absolute Gasteiger partial charge is 0.353 e. The molecule has 0 fully saturated rings. The third-order valence-corrected chi connectivity index (χ3v) is 8.14. The first-order valence-electron chi connectivity index (χ1n) is 10.7. The highest BCUT2D eigenvalue weighted by Crippen LogP contribution is 2.38. The average molecular weight is 466 g/mol. The second-order valence-corrected chi connectivity index (χ2v) is 10.5. The zero-order chi connectivity index (χ0) is 22.7. The first-order valence-corrected chi connectivity index (χ1v) is 12.3. The highest BCUT2D eigenvalue weighted by Gasteiger charge is 2.19. The number of rotatable bonds is 2. The third kappa shape index (κ3) is 3.27. The first kappa shape index (κ1) is 20.2. The van der Waals surface area contributed by atoms with E-state index in [0.29, 0.717) is 21.5 Å². The van der Waals surface area contributed by atoms with Crippen LogP contribution in [0.4, 0.5) is 0 Å². The average Bonchev–Trinajstić information content (AvgIpc) is 2.82. The monoisotopic (exact) mass is 465 g/mol. The number of hydrogen-bond acceptors (Lipinski definition) is 4. The Morgan fingerprint density at radius 1 is 0.727 bits per heavy atom. The highest BCUT2D eigenvalue weighted by atomic mass is 32.2. The fraction of sp³-hybridized carbons (Fsp3) is 0.0714. The lowest BCUT2D eigenvalue weighted by Gasteiger charge is -2.12. The molecule has 0 spiro atoms. The van der Waals surface area contributed by atoms with Crippen molar-refractivity contribution in [1.29, 1.82) is 0 Å². The fourth-order valence-electron chi connectivity index (χ4n) is 4.32. The van der Waals surface area contributed by atoms with Crippen LogP contribution in [-0.2, 0) is 0 Å². The first-order chi connectivity index (χ1) is 16.0. The molecule has 6 rings (SSSR count). The summed E-state index contributed by atoms with van der Waals surface area (Å²) in [6, 6.07) is 23.6. The molecule has 5 heteroatoms. The molecular weight excluding hydrogens is 446 g/mol. The van der Waals surface area contributed by atoms with E-state index in [2.05, 4.69) is 55.2 Å². The van der Waals surface area contributed by atoms with Gasteiger partial charge in [0, 0.05) is 25.9 Å². The molecule has 6 aromatic rings. The molecule has 0 aliphatic rings. The van der Waals surface area contributed by atoms with E-state index in [-0.39, 0.29) is 10.9 Å². The molecule has 0 unspecified atom stereocenters. The van der Waals surface area contributed by atoms with Crippen molar-refractivity contribution in [3.63, 3.8) is 0 Å². The summed E-state index contributed by atoms with van der Waals surface area (Å²) in [4.78, 5) is 32.7. The number of aromatic nitrogens is 1. The van der Waals surface area contributed by atoms with Crippen molar-refractivity contribution in [2.45, 2.75) is 23.6 Å². The highest BCUT2D eigenvalue weighted by molar-refractivity contribution is 7.99. The number of hydrogen-bond donors (Lipinski definition) is 1. The Kier molecular flexibility index (Phi) is 4.64. The fourth-order valence-corrected chi connectivity index (χ4v) is 6.54. The Morgan fingerprint density at radius 2 is 1.39 bits per heavy atom. The number of H-pyrrole nitrogens is 1. The van der Waals surface area contributed by atoms with Gasteiger partial charge in [0.05, 0.1) is 25.8 Å². The minimum absolute atomic E-state index is 0.0980. The molecule has 0 bridgehead atoms. The minimum atomic E-state index is -0.105. The van der Waals surface area contributed by atoms with Crippen molar-refractivity contribution in [3.8, 4) is 0 Å². The summed E-state index contributed by atoms with van der Waals surface area (Å²) in [5.41, 5.74) is 3.84. The summed E-state index contributed by atoms with van der Waals surface area (Å²) in [5.74, 6) is 0. The molecule has 33 heavy (non-hydrogen) atoms. The molecule has 1 N–H and O–H groups in total. The molecule has 0 atom stereocenters. The summed E-state index contributed by atoms with van der Waals surface area (Å²) in [6.45, 7) is 4.12. The van der Waals surface area contributed by atoms with Gasteiger partial charge in [0.15, 0.2) is 10.9 Å². The summed E-state index contributed by atoms with van der Waals surface area (Å²) < 4.78 is 2.07. The van der Waals surface area contributed by atoms with Gasteiger partial charge in [-0.3, -0.25) is 9.59 Å². The van der Waals surface area contributed by atoms with Gasteiger partial charge in [-0.2, -0.15) is 0 Å². The quantitative estimate of drug-likeness (QED) is 0.218. The molecule has 160 valence electrons. The zero-order valence-corrected chi connectivity index (χ0v) is 19.7. The van der Waals surface area contributed by atoms with Crippen LogP contribution in [0.5, 0.6) is 0 Å². The molecule has 0 radical (unpaired) electrons. The number of aromatic amines is 1. The number of benzene rings is 5. The van der Waals surface area contributed by atoms with Crippen molar-refractivity contribution in [3.05, 3.63) is 104 Å². The van der Waals surface area contributed by atoms with Gasteiger partial charge in [-0.05, 0) is 49.7 Å². The SMILES string of the molecule is Cc1ccc(Sc2cc3sc4cc(C)ccc4[nH]c3c3c(=O)c4ccccc4c(=O)c23)cc1. The van der Waals surface area contributed by atoms with E-state index in [1.54, 1.807) is 23.5 Å². The molecule has 0 aliphatic heterocycles. The van der Waals surface area contributed by atoms with Gasteiger partial charge in [-0.1, -0.05) is 59.8 Å². The van der Waals surface area contributed by atoms with Crippen molar-refractivity contribution in [2.75, 3.05) is 0 Å². The summed E-state index contributed by atoms with van der Waals surface area (Å²) in [6.07, 6.45) is 0. The summed E-state index contributed by atoms with van der Waals surface area (Å²) in [5, 5.41) is 1.91. The lowest BCUT2D eigenvalue weighted by atomic mass is 10.0. The second-order valence-electron chi connectivity index (χ2n) is 8.34. The van der Waals surface area contributed by atoms with Crippen LogP contribution in [-0.4, -0.2) is 4.98 Å². The van der Waals surface area contributed by atoms with Crippen LogP contribution < -0.4 is 10.9 Å². The van der Waals surface area contributed by atoms with Gasteiger partial charge in [0.1, 0.15) is 0 Å². The molecule has 0 saturated heterocycles. The van der Waals surface area contributed by atoms with Gasteiger partial charge in [0.2, 0.25) is 0 Å². The van der Waals surface area contributed by atoms with Crippen LogP contribution in [0.1, 0.15) is 11.1 Å². The van der Waals surface area contributed by atoms with Crippen molar-refractivity contribution in [1.82, 2.24) is 4.98 Å². The van der Waals surface area contributed by atoms with Crippen LogP contribution in [0.15, 0.2) is 92.2 Å². The number of fused-ring (bicyclic) bond motifs is 5. The van der Waals surface area contributed by atoms with E-state index in [4.69, 9.17) is 0 Å². The Balaban J connectivity index is 1.80. The normalized spacial score (nSPS) is 11.7. The smallest absolute Gasteiger partial charge is 0.196 e. The molecule has 5 aromatic carbocycles. The number of nitrogens with one attached hydrogen (secondary N) is 1. The van der Waals surface area contributed by atoms with E-state index >= 15 is 0 Å². The number of aryl methyl sites for hydroxylation is 2. The predicted molar refractivity (Wildman–Crippen MR) is 141 cm³/mol. The van der Waals surface area contributed by atoms with Crippen molar-refractivity contribution in [2.24, 2.45) is 0 Å². The lowest BCUT2D eigenvalue weighted by Crippen LogP contribution is -2.14. The second kappa shape index (κ2) is 7.58. The maximum atomic E-state index is 13.7. The maximum Gasteiger partial charge on any atom is 0.196 e. The van der Waals surface area contributed by atoms with Gasteiger partial charge in [-0.25, -0.2) is 0 Å². The topological polar surface area (TPSA) is 49.9 Å². The van der Waals surface area contributed by atoms with Gasteiger partial charge in [-0.15, -0.1) is 11.3 Å². The van der Waals surface area contributed by atoms with Crippen molar-refractivity contribution >= 4 is 65.1 Å². The van der Waals surface area contributed by atoms with Gasteiger partial charge >= 0.3 is 0 Å². The molecule has 3 nitrogen and oxygen atoms in total. The Morgan fingerprint density at radius 3 is 2.12 bits per heavy atom. The predicted octanol–water partition coefficient (Wildman–Crippen LogP) is 7.18. The lowest BCUT2D eigenvalue weighted by molar-refractivity contribution is 1.37. The Hall–Kier alpha value is -3.41. The summed E-state index contributed by atoms with van der Waals surface area (Å²) >= 11 is 3.18. The minimum Gasteiger partial charge on any atom is -0.353 e. The molecule has 0 saturated carbocycles. The van der Waals surface area contributed by atoms with E-state index in [9.17, 15) is 9.59 Å². The molecule has 0 amide bonds. The van der Waals surface area contributed by atoms with E-state index < -0.39 is 0 Å². The zero-order valence-electron chi connectivity index (χ0n) is 18.1. The molecule has 1 heterocycles. The molecular formula is C28H19NO2S2. The van der Waals surface area contributed by atoms with Crippen LogP contribution in [0.25, 0.3) is 42.0 Å². The van der Waals surface area contributed by atoms with Crippen LogP contribution in [0.3, 0.4) is 0 Å². The Bertz CT molecular complexity index is 1850. The van der Waals surface area contributed by atoms with Crippen molar-refractivity contribution < 1.29 is 0 Å². The Labute approximate surface area is 197 Å². The van der Waals surface area contributed by atoms with Crippen LogP contribution >= 0.6 is 23.1 Å². The van der Waals surface area contributed by atoms with E-state index in [1.807, 2.05) is 24.3 Å². The summed E-state index contributed by atoms with van der Waals surface area (Å²) in [7, 11) is 0. The van der Waals surface area contributed by atoms with Crippen LogP contribution in [0, 0.1) is 13.8 Å². The van der Waals surface area contributed by atoms with E-state index in [1.165, 1.54) is 22.9 Å². The van der Waals surface area contributed by atoms with Gasteiger partial charge in [0.25, 0.3) is 0 Å². The third-order valence-electron chi connectivity index (χ3n) is 5.99. The maximum absolute atomic E-state index is 13.7. The molecule has 1 aromatic heterocycles. The standard InChI is InChI=1S/C28H19NO2S2/c1-15-7-10-17(11-8-15)32-22-14-23-26(29-20-12-9-16(2)13-21(20)33-23)25-24(22)27(30)18-5-3-4-6-19(18)28(25)31/h3-14,29H,1-2H3. The van der Waals surface area contributed by atoms with Gasteiger partial charge < -0.3 is 4.98 Å². The van der Waals surface area contributed by atoms with Crippen LogP contribution in [0.2, 0.25) is 0 Å². The molecule has 0 aliphatic carbocycles.